The van der Waals surface area contributed by atoms with Crippen molar-refractivity contribution in [2.24, 2.45) is 5.41 Å². The molecule has 1 aliphatic rings. The Labute approximate surface area is 110 Å². The maximum atomic E-state index is 11.8. The number of hydrogen-bond acceptors (Lipinski definition) is 2. The molecule has 0 atom stereocenters. The number of benzene rings is 1. The number of aromatic hydroxyl groups is 1. The standard InChI is InChI=1S/C12H13Cl2NO2/c13-6-12(3-4-12)7-15-11(17)9-2-1-8(14)5-10(9)16/h1-2,5,16H,3-4,6-7H2,(H,15,17). The van der Waals surface area contributed by atoms with Gasteiger partial charge in [0.2, 0.25) is 0 Å². The van der Waals surface area contributed by atoms with E-state index in [2.05, 4.69) is 5.32 Å². The van der Waals surface area contributed by atoms with Crippen molar-refractivity contribution >= 4 is 29.1 Å². The van der Waals surface area contributed by atoms with Crippen LogP contribution in [0.25, 0.3) is 0 Å². The molecule has 1 aromatic carbocycles. The minimum atomic E-state index is -0.296. The Kier molecular flexibility index (Phi) is 3.50. The number of nitrogens with one attached hydrogen (secondary N) is 1. The summed E-state index contributed by atoms with van der Waals surface area (Å²) in [6, 6.07) is 4.43. The van der Waals surface area contributed by atoms with Gasteiger partial charge in [0.1, 0.15) is 5.75 Å². The number of carbonyl (C=O) groups excluding carboxylic acids is 1. The zero-order valence-electron chi connectivity index (χ0n) is 9.17. The summed E-state index contributed by atoms with van der Waals surface area (Å²) in [6.07, 6.45) is 2.09. The van der Waals surface area contributed by atoms with Crippen LogP contribution in [0.5, 0.6) is 5.75 Å². The molecule has 1 aliphatic carbocycles. The number of carbonyl (C=O) groups is 1. The molecule has 1 aromatic rings. The van der Waals surface area contributed by atoms with Gasteiger partial charge in [-0.2, -0.15) is 0 Å². The van der Waals surface area contributed by atoms with Crippen molar-refractivity contribution in [1.29, 1.82) is 0 Å². The predicted molar refractivity (Wildman–Crippen MR) is 67.8 cm³/mol. The molecule has 0 heterocycles. The number of phenolic OH excluding ortho intramolecular Hbond substituents is 1. The van der Waals surface area contributed by atoms with Crippen LogP contribution >= 0.6 is 23.2 Å². The van der Waals surface area contributed by atoms with Gasteiger partial charge in [-0.05, 0) is 31.0 Å². The van der Waals surface area contributed by atoms with Crippen molar-refractivity contribution in [3.05, 3.63) is 28.8 Å². The number of phenols is 1. The van der Waals surface area contributed by atoms with Gasteiger partial charge in [-0.25, -0.2) is 0 Å². The monoisotopic (exact) mass is 273 g/mol. The molecule has 1 fully saturated rings. The molecule has 92 valence electrons. The summed E-state index contributed by atoms with van der Waals surface area (Å²) in [5.41, 5.74) is 0.305. The lowest BCUT2D eigenvalue weighted by atomic mass is 10.1. The van der Waals surface area contributed by atoms with E-state index in [1.54, 1.807) is 6.07 Å². The zero-order valence-corrected chi connectivity index (χ0v) is 10.7. The SMILES string of the molecule is O=C(NCC1(CCl)CC1)c1ccc(Cl)cc1O. The average Bonchev–Trinajstić information content (AvgIpc) is 3.07. The summed E-state index contributed by atoms with van der Waals surface area (Å²) in [6.45, 7) is 0.553. The normalized spacial score (nSPS) is 16.6. The van der Waals surface area contributed by atoms with Crippen molar-refractivity contribution in [3.8, 4) is 5.75 Å². The highest BCUT2D eigenvalue weighted by molar-refractivity contribution is 6.30. The second kappa shape index (κ2) is 4.75. The summed E-state index contributed by atoms with van der Waals surface area (Å²) >= 11 is 11.5. The van der Waals surface area contributed by atoms with Gasteiger partial charge in [0.25, 0.3) is 5.91 Å². The minimum absolute atomic E-state index is 0.0687. The summed E-state index contributed by atoms with van der Waals surface area (Å²) in [4.78, 5) is 11.8. The van der Waals surface area contributed by atoms with Crippen LogP contribution in [0, 0.1) is 5.41 Å². The molecule has 0 spiro atoms. The Bertz CT molecular complexity index is 444. The number of rotatable bonds is 4. The lowest BCUT2D eigenvalue weighted by Gasteiger charge is -2.13. The van der Waals surface area contributed by atoms with Gasteiger partial charge in [-0.15, -0.1) is 11.6 Å². The van der Waals surface area contributed by atoms with E-state index in [9.17, 15) is 9.90 Å². The second-order valence-corrected chi connectivity index (χ2v) is 5.18. The van der Waals surface area contributed by atoms with E-state index in [0.29, 0.717) is 17.4 Å². The molecule has 0 aromatic heterocycles. The molecule has 0 saturated heterocycles. The summed E-state index contributed by atoms with van der Waals surface area (Å²) in [5.74, 6) is 0.154. The van der Waals surface area contributed by atoms with Crippen LogP contribution in [-0.4, -0.2) is 23.4 Å². The third-order valence-electron chi connectivity index (χ3n) is 3.07. The van der Waals surface area contributed by atoms with E-state index < -0.39 is 0 Å². The van der Waals surface area contributed by atoms with Crippen molar-refractivity contribution in [1.82, 2.24) is 5.32 Å². The van der Waals surface area contributed by atoms with Crippen molar-refractivity contribution in [2.45, 2.75) is 12.8 Å². The molecule has 17 heavy (non-hydrogen) atoms. The lowest BCUT2D eigenvalue weighted by molar-refractivity contribution is 0.0944. The predicted octanol–water partition coefficient (Wildman–Crippen LogP) is 2.79. The van der Waals surface area contributed by atoms with Crippen LogP contribution in [0.4, 0.5) is 0 Å². The van der Waals surface area contributed by atoms with E-state index in [1.165, 1.54) is 12.1 Å². The van der Waals surface area contributed by atoms with Crippen LogP contribution in [0.2, 0.25) is 5.02 Å². The molecular weight excluding hydrogens is 261 g/mol. The van der Waals surface area contributed by atoms with Crippen LogP contribution in [-0.2, 0) is 0 Å². The van der Waals surface area contributed by atoms with Gasteiger partial charge in [0.05, 0.1) is 5.56 Å². The molecule has 2 rings (SSSR count). The molecule has 1 amide bonds. The third-order valence-corrected chi connectivity index (χ3v) is 3.87. The van der Waals surface area contributed by atoms with E-state index >= 15 is 0 Å². The highest BCUT2D eigenvalue weighted by atomic mass is 35.5. The molecule has 0 radical (unpaired) electrons. The van der Waals surface area contributed by atoms with Crippen molar-refractivity contribution in [2.75, 3.05) is 12.4 Å². The van der Waals surface area contributed by atoms with Crippen LogP contribution in [0.15, 0.2) is 18.2 Å². The lowest BCUT2D eigenvalue weighted by Crippen LogP contribution is -2.31. The number of hydrogen-bond donors (Lipinski definition) is 2. The average molecular weight is 274 g/mol. The fourth-order valence-corrected chi connectivity index (χ4v) is 2.12. The van der Waals surface area contributed by atoms with E-state index in [1.807, 2.05) is 0 Å². The topological polar surface area (TPSA) is 49.3 Å². The summed E-state index contributed by atoms with van der Waals surface area (Å²) < 4.78 is 0. The van der Waals surface area contributed by atoms with Crippen LogP contribution in [0.3, 0.4) is 0 Å². The van der Waals surface area contributed by atoms with Gasteiger partial charge in [0.15, 0.2) is 0 Å². The summed E-state index contributed by atoms with van der Waals surface area (Å²) in [5, 5.41) is 12.8. The van der Waals surface area contributed by atoms with E-state index in [0.717, 1.165) is 12.8 Å². The highest BCUT2D eigenvalue weighted by Gasteiger charge is 2.41. The first kappa shape index (κ1) is 12.5. The quantitative estimate of drug-likeness (QED) is 0.829. The molecule has 5 heteroatoms. The molecular formula is C12H13Cl2NO2. The number of amides is 1. The smallest absolute Gasteiger partial charge is 0.255 e. The molecule has 3 nitrogen and oxygen atoms in total. The van der Waals surface area contributed by atoms with Gasteiger partial charge in [-0.1, -0.05) is 11.6 Å². The Hall–Kier alpha value is -0.930. The Morgan fingerprint density at radius 3 is 2.71 bits per heavy atom. The molecule has 0 bridgehead atoms. The first-order valence-corrected chi connectivity index (χ1v) is 6.30. The Morgan fingerprint density at radius 2 is 2.18 bits per heavy atom. The molecule has 2 N–H and O–H groups in total. The number of alkyl halides is 1. The molecule has 0 unspecified atom stereocenters. The van der Waals surface area contributed by atoms with E-state index in [4.69, 9.17) is 23.2 Å². The largest absolute Gasteiger partial charge is 0.507 e. The second-order valence-electron chi connectivity index (χ2n) is 4.48. The van der Waals surface area contributed by atoms with Gasteiger partial charge < -0.3 is 10.4 Å². The van der Waals surface area contributed by atoms with Crippen molar-refractivity contribution < 1.29 is 9.90 Å². The van der Waals surface area contributed by atoms with Gasteiger partial charge in [0, 0.05) is 22.9 Å². The highest BCUT2D eigenvalue weighted by Crippen LogP contribution is 2.45. The van der Waals surface area contributed by atoms with Crippen LogP contribution in [0.1, 0.15) is 23.2 Å². The third kappa shape index (κ3) is 2.85. The fourth-order valence-electron chi connectivity index (χ4n) is 1.59. The number of halogens is 2. The Morgan fingerprint density at radius 1 is 1.47 bits per heavy atom. The van der Waals surface area contributed by atoms with Gasteiger partial charge >= 0.3 is 0 Å². The van der Waals surface area contributed by atoms with Gasteiger partial charge in [-0.3, -0.25) is 4.79 Å². The van der Waals surface area contributed by atoms with Crippen molar-refractivity contribution in [3.63, 3.8) is 0 Å². The molecule has 0 aliphatic heterocycles. The fraction of sp³-hybridized carbons (Fsp3) is 0.417. The minimum Gasteiger partial charge on any atom is -0.507 e. The Balaban J connectivity index is 2.00. The van der Waals surface area contributed by atoms with E-state index in [-0.39, 0.29) is 22.6 Å². The van der Waals surface area contributed by atoms with Crippen LogP contribution < -0.4 is 5.32 Å². The zero-order chi connectivity index (χ0) is 12.5. The first-order valence-electron chi connectivity index (χ1n) is 5.39. The maximum Gasteiger partial charge on any atom is 0.255 e. The first-order chi connectivity index (χ1) is 8.06. The maximum absolute atomic E-state index is 11.8. The summed E-state index contributed by atoms with van der Waals surface area (Å²) in [7, 11) is 0. The molecule has 1 saturated carbocycles.